The SMILES string of the molecule is COc1ccc(C(=O)N2CCCc3cc[nH]c(=O)c32)c(OC)n1. The lowest BCUT2D eigenvalue weighted by Gasteiger charge is -2.28. The van der Waals surface area contributed by atoms with E-state index in [0.29, 0.717) is 23.7 Å². The molecule has 7 nitrogen and oxygen atoms in total. The van der Waals surface area contributed by atoms with Gasteiger partial charge in [-0.05, 0) is 30.5 Å². The molecule has 2 aromatic rings. The fourth-order valence-electron chi connectivity index (χ4n) is 2.75. The van der Waals surface area contributed by atoms with Crippen molar-refractivity contribution in [3.63, 3.8) is 0 Å². The summed E-state index contributed by atoms with van der Waals surface area (Å²) in [6, 6.07) is 5.02. The molecule has 3 heterocycles. The lowest BCUT2D eigenvalue weighted by atomic mass is 10.0. The largest absolute Gasteiger partial charge is 0.481 e. The molecule has 1 aliphatic heterocycles. The van der Waals surface area contributed by atoms with Crippen molar-refractivity contribution < 1.29 is 14.3 Å². The molecule has 0 atom stereocenters. The second-order valence-corrected chi connectivity index (χ2v) is 5.15. The third-order valence-corrected chi connectivity index (χ3v) is 3.83. The zero-order valence-electron chi connectivity index (χ0n) is 13.0. The molecular formula is C16H17N3O4. The van der Waals surface area contributed by atoms with Gasteiger partial charge in [0.05, 0.1) is 14.2 Å². The summed E-state index contributed by atoms with van der Waals surface area (Å²) in [5.74, 6) is 0.221. The van der Waals surface area contributed by atoms with E-state index in [4.69, 9.17) is 9.47 Å². The highest BCUT2D eigenvalue weighted by Crippen LogP contribution is 2.27. The van der Waals surface area contributed by atoms with Crippen LogP contribution in [0, 0.1) is 0 Å². The summed E-state index contributed by atoms with van der Waals surface area (Å²) in [5.41, 5.74) is 1.30. The van der Waals surface area contributed by atoms with Gasteiger partial charge < -0.3 is 19.4 Å². The highest BCUT2D eigenvalue weighted by Gasteiger charge is 2.28. The van der Waals surface area contributed by atoms with E-state index in [1.54, 1.807) is 18.3 Å². The molecule has 0 fully saturated rings. The van der Waals surface area contributed by atoms with E-state index in [9.17, 15) is 9.59 Å². The van der Waals surface area contributed by atoms with Crippen LogP contribution in [-0.2, 0) is 6.42 Å². The van der Waals surface area contributed by atoms with Gasteiger partial charge in [0.25, 0.3) is 11.5 Å². The highest BCUT2D eigenvalue weighted by molar-refractivity contribution is 6.08. The number of hydrogen-bond donors (Lipinski definition) is 1. The van der Waals surface area contributed by atoms with Gasteiger partial charge >= 0.3 is 0 Å². The molecule has 23 heavy (non-hydrogen) atoms. The molecule has 0 radical (unpaired) electrons. The molecule has 1 amide bonds. The van der Waals surface area contributed by atoms with Crippen molar-refractivity contribution in [1.82, 2.24) is 9.97 Å². The first-order valence-electron chi connectivity index (χ1n) is 7.27. The zero-order valence-corrected chi connectivity index (χ0v) is 13.0. The second kappa shape index (κ2) is 6.12. The van der Waals surface area contributed by atoms with E-state index in [-0.39, 0.29) is 17.3 Å². The Morgan fingerprint density at radius 2 is 2.09 bits per heavy atom. The Morgan fingerprint density at radius 3 is 2.83 bits per heavy atom. The number of H-pyrrole nitrogens is 1. The van der Waals surface area contributed by atoms with Gasteiger partial charge in [0.15, 0.2) is 0 Å². The number of rotatable bonds is 3. The van der Waals surface area contributed by atoms with E-state index >= 15 is 0 Å². The number of carbonyl (C=O) groups excluding carboxylic acids is 1. The molecule has 7 heteroatoms. The highest BCUT2D eigenvalue weighted by atomic mass is 16.5. The predicted octanol–water partition coefficient (Wildman–Crippen LogP) is 1.38. The Labute approximate surface area is 132 Å². The van der Waals surface area contributed by atoms with Crippen LogP contribution >= 0.6 is 0 Å². The normalized spacial score (nSPS) is 13.4. The monoisotopic (exact) mass is 315 g/mol. The van der Waals surface area contributed by atoms with Crippen molar-refractivity contribution in [3.05, 3.63) is 45.9 Å². The summed E-state index contributed by atoms with van der Waals surface area (Å²) in [4.78, 5) is 33.3. The van der Waals surface area contributed by atoms with Crippen LogP contribution in [0.4, 0.5) is 5.69 Å². The van der Waals surface area contributed by atoms with Gasteiger partial charge in [-0.25, -0.2) is 0 Å². The fourth-order valence-corrected chi connectivity index (χ4v) is 2.75. The van der Waals surface area contributed by atoms with Crippen LogP contribution in [0.5, 0.6) is 11.8 Å². The molecule has 1 aliphatic rings. The molecule has 0 bridgehead atoms. The third-order valence-electron chi connectivity index (χ3n) is 3.83. The number of fused-ring (bicyclic) bond motifs is 1. The van der Waals surface area contributed by atoms with Crippen LogP contribution in [0.3, 0.4) is 0 Å². The van der Waals surface area contributed by atoms with Crippen molar-refractivity contribution in [3.8, 4) is 11.8 Å². The van der Waals surface area contributed by atoms with Crippen molar-refractivity contribution in [2.45, 2.75) is 12.8 Å². The van der Waals surface area contributed by atoms with Crippen LogP contribution in [0.15, 0.2) is 29.2 Å². The average molecular weight is 315 g/mol. The maximum atomic E-state index is 12.9. The molecule has 120 valence electrons. The van der Waals surface area contributed by atoms with Crippen molar-refractivity contribution >= 4 is 11.6 Å². The molecule has 0 saturated heterocycles. The number of methoxy groups -OCH3 is 2. The number of anilines is 1. The van der Waals surface area contributed by atoms with Gasteiger partial charge in [-0.2, -0.15) is 4.98 Å². The summed E-state index contributed by atoms with van der Waals surface area (Å²) < 4.78 is 10.2. The first-order valence-corrected chi connectivity index (χ1v) is 7.27. The number of aromatic nitrogens is 2. The van der Waals surface area contributed by atoms with E-state index in [1.807, 2.05) is 6.07 Å². The first kappa shape index (κ1) is 15.1. The molecule has 1 N–H and O–H groups in total. The summed E-state index contributed by atoms with van der Waals surface area (Å²) in [6.45, 7) is 0.480. The van der Waals surface area contributed by atoms with Gasteiger partial charge in [0, 0.05) is 18.8 Å². The molecule has 0 unspecified atom stereocenters. The molecule has 0 aliphatic carbocycles. The Morgan fingerprint density at radius 1 is 1.26 bits per heavy atom. The average Bonchev–Trinajstić information content (AvgIpc) is 2.60. The standard InChI is InChI=1S/C16H17N3O4/c1-22-12-6-5-11(15(18-12)23-2)16(21)19-9-3-4-10-7-8-17-14(20)13(10)19/h5-8H,3-4,9H2,1-2H3,(H,17,20). The van der Waals surface area contributed by atoms with E-state index < -0.39 is 0 Å². The minimum atomic E-state index is -0.311. The van der Waals surface area contributed by atoms with Gasteiger partial charge in [-0.1, -0.05) is 0 Å². The second-order valence-electron chi connectivity index (χ2n) is 5.15. The summed E-state index contributed by atoms with van der Waals surface area (Å²) in [5, 5.41) is 0. The van der Waals surface area contributed by atoms with Crippen LogP contribution in [0.25, 0.3) is 0 Å². The van der Waals surface area contributed by atoms with E-state index in [1.165, 1.54) is 19.1 Å². The Kier molecular flexibility index (Phi) is 4.01. The molecule has 0 spiro atoms. The van der Waals surface area contributed by atoms with Gasteiger partial charge in [0.1, 0.15) is 11.3 Å². The fraction of sp³-hybridized carbons (Fsp3) is 0.312. The summed E-state index contributed by atoms with van der Waals surface area (Å²) >= 11 is 0. The number of nitrogens with one attached hydrogen (secondary N) is 1. The number of aromatic amines is 1. The van der Waals surface area contributed by atoms with E-state index in [0.717, 1.165) is 18.4 Å². The Bertz CT molecular complexity index is 800. The Hall–Kier alpha value is -2.83. The van der Waals surface area contributed by atoms with E-state index in [2.05, 4.69) is 9.97 Å². The van der Waals surface area contributed by atoms with Crippen LogP contribution in [-0.4, -0.2) is 36.6 Å². The Balaban J connectivity index is 2.05. The maximum Gasteiger partial charge on any atom is 0.272 e. The van der Waals surface area contributed by atoms with Crippen molar-refractivity contribution in [2.24, 2.45) is 0 Å². The number of ether oxygens (including phenoxy) is 2. The number of aryl methyl sites for hydroxylation is 1. The minimum Gasteiger partial charge on any atom is -0.481 e. The maximum absolute atomic E-state index is 12.9. The first-order chi connectivity index (χ1) is 11.2. The van der Waals surface area contributed by atoms with Crippen LogP contribution in [0.2, 0.25) is 0 Å². The van der Waals surface area contributed by atoms with Crippen LogP contribution < -0.4 is 19.9 Å². The topological polar surface area (TPSA) is 84.5 Å². The number of pyridine rings is 2. The molecule has 3 rings (SSSR count). The molecule has 0 aromatic carbocycles. The smallest absolute Gasteiger partial charge is 0.272 e. The van der Waals surface area contributed by atoms with Gasteiger partial charge in [0.2, 0.25) is 11.8 Å². The van der Waals surface area contributed by atoms with Gasteiger partial charge in [-0.3, -0.25) is 9.59 Å². The lowest BCUT2D eigenvalue weighted by molar-refractivity contribution is 0.0981. The number of hydrogen-bond acceptors (Lipinski definition) is 5. The molecule has 2 aromatic heterocycles. The van der Waals surface area contributed by atoms with Crippen molar-refractivity contribution in [1.29, 1.82) is 0 Å². The number of carbonyl (C=O) groups is 1. The van der Waals surface area contributed by atoms with Crippen molar-refractivity contribution in [2.75, 3.05) is 25.7 Å². The third kappa shape index (κ3) is 2.65. The minimum absolute atomic E-state index is 0.175. The summed E-state index contributed by atoms with van der Waals surface area (Å²) in [6.07, 6.45) is 3.18. The molecular weight excluding hydrogens is 298 g/mol. The predicted molar refractivity (Wildman–Crippen MR) is 84.4 cm³/mol. The summed E-state index contributed by atoms with van der Waals surface area (Å²) in [7, 11) is 2.93. The molecule has 0 saturated carbocycles. The van der Waals surface area contributed by atoms with Gasteiger partial charge in [-0.15, -0.1) is 0 Å². The zero-order chi connectivity index (χ0) is 16.4. The lowest BCUT2D eigenvalue weighted by Crippen LogP contribution is -2.39. The quantitative estimate of drug-likeness (QED) is 0.925. The number of nitrogens with zero attached hydrogens (tertiary/aromatic N) is 2. The number of amides is 1. The van der Waals surface area contributed by atoms with Crippen LogP contribution in [0.1, 0.15) is 22.3 Å².